The fraction of sp³-hybridized carbons (Fsp3) is 0.360. The normalized spacial score (nSPS) is 18.4. The Labute approximate surface area is 202 Å². The molecule has 6 nitrogen and oxygen atoms in total. The number of nitrogens with zero attached hydrogens (tertiary/aromatic N) is 4. The largest absolute Gasteiger partial charge is 0.477 e. The number of benzene rings is 1. The maximum absolute atomic E-state index is 13.9. The first-order valence-corrected chi connectivity index (χ1v) is 12.5. The van der Waals surface area contributed by atoms with Crippen LogP contribution in [0.3, 0.4) is 0 Å². The van der Waals surface area contributed by atoms with Crippen LogP contribution < -0.4 is 4.74 Å². The summed E-state index contributed by atoms with van der Waals surface area (Å²) in [6, 6.07) is 13.5. The Morgan fingerprint density at radius 2 is 1.94 bits per heavy atom. The van der Waals surface area contributed by atoms with E-state index < -0.39 is 0 Å². The molecule has 0 bridgehead atoms. The first kappa shape index (κ1) is 22.6. The summed E-state index contributed by atoms with van der Waals surface area (Å²) in [5, 5.41) is 0. The minimum atomic E-state index is 0.0496. The van der Waals surface area contributed by atoms with Crippen molar-refractivity contribution >= 4 is 28.5 Å². The van der Waals surface area contributed by atoms with Crippen molar-refractivity contribution in [1.82, 2.24) is 19.9 Å². The van der Waals surface area contributed by atoms with E-state index in [4.69, 9.17) is 4.74 Å². The first-order chi connectivity index (χ1) is 15.7. The molecular formula is C25H27IN4O2. The van der Waals surface area contributed by atoms with Gasteiger partial charge in [0.05, 0.1) is 12.2 Å². The fourth-order valence-electron chi connectivity index (χ4n) is 4.33. The van der Waals surface area contributed by atoms with Crippen LogP contribution in [0.1, 0.15) is 35.2 Å². The van der Waals surface area contributed by atoms with E-state index in [0.29, 0.717) is 23.9 Å². The summed E-state index contributed by atoms with van der Waals surface area (Å²) in [5.41, 5.74) is 2.49. The van der Waals surface area contributed by atoms with Gasteiger partial charge in [-0.2, -0.15) is 0 Å². The summed E-state index contributed by atoms with van der Waals surface area (Å²) in [6.45, 7) is 3.32. The standard InChI is InChI=1S/C25H27IN4O2/c1-18-8-9-20(24-28-13-5-14-29-24)21(16-18)25(31)30-15-4-6-19(22(30)10-11-26)17-32-23-7-2-3-12-27-23/h2-3,5,7-9,12-14,16,19,22H,4,6,10-11,15,17H2,1H3. The van der Waals surface area contributed by atoms with Crippen molar-refractivity contribution in [2.24, 2.45) is 5.92 Å². The van der Waals surface area contributed by atoms with Gasteiger partial charge in [-0.15, -0.1) is 0 Å². The molecule has 1 aliphatic heterocycles. The van der Waals surface area contributed by atoms with Crippen molar-refractivity contribution in [1.29, 1.82) is 0 Å². The number of halogens is 1. The minimum Gasteiger partial charge on any atom is -0.477 e. The van der Waals surface area contributed by atoms with Gasteiger partial charge in [0.25, 0.3) is 5.91 Å². The molecule has 0 saturated carbocycles. The zero-order valence-corrected chi connectivity index (χ0v) is 20.3. The highest BCUT2D eigenvalue weighted by atomic mass is 127. The lowest BCUT2D eigenvalue weighted by Crippen LogP contribution is -2.50. The Morgan fingerprint density at radius 1 is 1.12 bits per heavy atom. The van der Waals surface area contributed by atoms with Gasteiger partial charge in [-0.05, 0) is 44.4 Å². The van der Waals surface area contributed by atoms with Crippen molar-refractivity contribution in [2.75, 3.05) is 17.6 Å². The Hall–Kier alpha value is -2.55. The van der Waals surface area contributed by atoms with Gasteiger partial charge in [0.2, 0.25) is 5.88 Å². The van der Waals surface area contributed by atoms with Crippen molar-refractivity contribution < 1.29 is 9.53 Å². The second kappa shape index (κ2) is 10.8. The number of likely N-dealkylation sites (tertiary alicyclic amines) is 1. The number of amides is 1. The maximum atomic E-state index is 13.9. The van der Waals surface area contributed by atoms with Crippen molar-refractivity contribution in [3.8, 4) is 17.3 Å². The molecule has 32 heavy (non-hydrogen) atoms. The summed E-state index contributed by atoms with van der Waals surface area (Å²) in [6.07, 6.45) is 8.09. The molecule has 0 radical (unpaired) electrons. The topological polar surface area (TPSA) is 68.2 Å². The van der Waals surface area contributed by atoms with Crippen LogP contribution in [0.5, 0.6) is 5.88 Å². The van der Waals surface area contributed by atoms with E-state index in [1.165, 1.54) is 0 Å². The van der Waals surface area contributed by atoms with Crippen LogP contribution in [0.15, 0.2) is 61.1 Å². The van der Waals surface area contributed by atoms with Gasteiger partial charge >= 0.3 is 0 Å². The number of hydrogen-bond donors (Lipinski definition) is 0. The maximum Gasteiger partial charge on any atom is 0.254 e. The summed E-state index contributed by atoms with van der Waals surface area (Å²) in [5.74, 6) is 1.53. The molecule has 1 aromatic carbocycles. The molecule has 7 heteroatoms. The van der Waals surface area contributed by atoms with Gasteiger partial charge in [0.1, 0.15) is 0 Å². The number of carbonyl (C=O) groups is 1. The first-order valence-electron chi connectivity index (χ1n) is 11.0. The number of aromatic nitrogens is 3. The van der Waals surface area contributed by atoms with E-state index in [9.17, 15) is 4.79 Å². The van der Waals surface area contributed by atoms with Crippen LogP contribution in [-0.2, 0) is 0 Å². The van der Waals surface area contributed by atoms with E-state index in [-0.39, 0.29) is 17.9 Å². The average Bonchev–Trinajstić information content (AvgIpc) is 2.84. The number of piperidine rings is 1. The van der Waals surface area contributed by atoms with E-state index in [1.54, 1.807) is 24.7 Å². The van der Waals surface area contributed by atoms with Gasteiger partial charge in [-0.25, -0.2) is 15.0 Å². The van der Waals surface area contributed by atoms with Crippen LogP contribution in [-0.4, -0.2) is 49.4 Å². The Morgan fingerprint density at radius 3 is 2.69 bits per heavy atom. The number of aryl methyl sites for hydroxylation is 1. The van der Waals surface area contributed by atoms with Crippen molar-refractivity contribution in [3.63, 3.8) is 0 Å². The van der Waals surface area contributed by atoms with E-state index >= 15 is 0 Å². The number of ether oxygens (including phenoxy) is 1. The van der Waals surface area contributed by atoms with Crippen LogP contribution in [0.2, 0.25) is 0 Å². The lowest BCUT2D eigenvalue weighted by Gasteiger charge is -2.41. The van der Waals surface area contributed by atoms with Crippen LogP contribution in [0.4, 0.5) is 0 Å². The van der Waals surface area contributed by atoms with E-state index in [0.717, 1.165) is 41.4 Å². The van der Waals surface area contributed by atoms with Gasteiger partial charge in [-0.3, -0.25) is 4.79 Å². The monoisotopic (exact) mass is 542 g/mol. The summed E-state index contributed by atoms with van der Waals surface area (Å²) in [4.78, 5) is 29.0. The Bertz CT molecular complexity index is 1030. The highest BCUT2D eigenvalue weighted by molar-refractivity contribution is 14.1. The molecule has 1 amide bonds. The molecule has 0 N–H and O–H groups in total. The van der Waals surface area contributed by atoms with Gasteiger partial charge in [-0.1, -0.05) is 46.4 Å². The molecule has 2 unspecified atom stereocenters. The second-order valence-electron chi connectivity index (χ2n) is 8.05. The number of rotatable bonds is 7. The number of alkyl halides is 1. The van der Waals surface area contributed by atoms with Crippen molar-refractivity contribution in [3.05, 3.63) is 72.2 Å². The predicted octanol–water partition coefficient (Wildman–Crippen LogP) is 4.97. The lowest BCUT2D eigenvalue weighted by molar-refractivity contribution is 0.0397. The van der Waals surface area contributed by atoms with Crippen LogP contribution in [0, 0.1) is 12.8 Å². The Balaban J connectivity index is 1.60. The van der Waals surface area contributed by atoms with Crippen molar-refractivity contribution in [2.45, 2.75) is 32.2 Å². The summed E-state index contributed by atoms with van der Waals surface area (Å²) in [7, 11) is 0. The summed E-state index contributed by atoms with van der Waals surface area (Å²) >= 11 is 2.40. The number of hydrogen-bond acceptors (Lipinski definition) is 5. The smallest absolute Gasteiger partial charge is 0.254 e. The highest BCUT2D eigenvalue weighted by Crippen LogP contribution is 2.31. The molecule has 166 valence electrons. The summed E-state index contributed by atoms with van der Waals surface area (Å²) < 4.78 is 6.98. The minimum absolute atomic E-state index is 0.0496. The molecule has 0 aliphatic carbocycles. The van der Waals surface area contributed by atoms with E-state index in [2.05, 4.69) is 42.4 Å². The van der Waals surface area contributed by atoms with E-state index in [1.807, 2.05) is 43.3 Å². The van der Waals surface area contributed by atoms with Gasteiger partial charge in [0, 0.05) is 53.2 Å². The zero-order chi connectivity index (χ0) is 22.3. The molecule has 0 spiro atoms. The molecule has 1 fully saturated rings. The molecule has 3 aromatic rings. The van der Waals surface area contributed by atoms with Crippen LogP contribution >= 0.6 is 22.6 Å². The zero-order valence-electron chi connectivity index (χ0n) is 18.2. The molecular weight excluding hydrogens is 515 g/mol. The van der Waals surface area contributed by atoms with Gasteiger partial charge in [0.15, 0.2) is 5.82 Å². The predicted molar refractivity (Wildman–Crippen MR) is 133 cm³/mol. The fourth-order valence-corrected chi connectivity index (χ4v) is 4.97. The molecule has 2 aromatic heterocycles. The quantitative estimate of drug-likeness (QED) is 0.312. The number of pyridine rings is 1. The molecule has 1 saturated heterocycles. The third kappa shape index (κ3) is 5.26. The Kier molecular flexibility index (Phi) is 7.68. The third-order valence-corrected chi connectivity index (χ3v) is 6.50. The van der Waals surface area contributed by atoms with Gasteiger partial charge < -0.3 is 9.64 Å². The molecule has 3 heterocycles. The number of carbonyl (C=O) groups excluding carboxylic acids is 1. The third-order valence-electron chi connectivity index (χ3n) is 5.88. The van der Waals surface area contributed by atoms with Crippen LogP contribution in [0.25, 0.3) is 11.4 Å². The molecule has 2 atom stereocenters. The molecule has 1 aliphatic rings. The average molecular weight is 542 g/mol. The lowest BCUT2D eigenvalue weighted by atomic mass is 9.87. The second-order valence-corrected chi connectivity index (χ2v) is 9.13. The SMILES string of the molecule is Cc1ccc(-c2ncccn2)c(C(=O)N2CCCC(COc3ccccn3)C2CCI)c1. The molecule has 4 rings (SSSR count). The highest BCUT2D eigenvalue weighted by Gasteiger charge is 2.35.